The first-order valence-corrected chi connectivity index (χ1v) is 11.2. The number of nitrogens with zero attached hydrogens (tertiary/aromatic N) is 2. The van der Waals surface area contributed by atoms with Crippen molar-refractivity contribution in [3.05, 3.63) is 73.0 Å². The van der Waals surface area contributed by atoms with Crippen LogP contribution in [0.5, 0.6) is 0 Å². The average Bonchev–Trinajstić information content (AvgIpc) is 2.77. The minimum absolute atomic E-state index is 0.0904. The Balaban J connectivity index is 1.70. The van der Waals surface area contributed by atoms with Crippen LogP contribution in [0, 0.1) is 12.7 Å². The number of fused-ring (bicyclic) bond motifs is 2. The van der Waals surface area contributed by atoms with Gasteiger partial charge in [-0.2, -0.15) is 0 Å². The van der Waals surface area contributed by atoms with Crippen LogP contribution in [0.15, 0.2) is 39.4 Å². The standard InChI is InChI=1S/C24H22BrFN2O5/c1-4-24(32)18-5-7-28(22(30)17(18)12-33-23(24)31)8-6-19-20(25)16(11-29)15-10-14(26)9-13(2)21(15)27(19)3/h5,7,9-10,32H,4,6,8,12H2,1-3H3/t24-/m0/s1. The fourth-order valence-electron chi connectivity index (χ4n) is 4.55. The maximum Gasteiger partial charge on any atom is 0.343 e. The van der Waals surface area contributed by atoms with Crippen molar-refractivity contribution in [2.45, 2.75) is 45.4 Å². The molecule has 1 atom stereocenters. The van der Waals surface area contributed by atoms with Gasteiger partial charge in [0, 0.05) is 43.0 Å². The van der Waals surface area contributed by atoms with E-state index in [-0.39, 0.29) is 41.8 Å². The van der Waals surface area contributed by atoms with E-state index in [1.807, 2.05) is 17.9 Å². The number of ether oxygens (including phenoxy) is 1. The minimum atomic E-state index is -1.83. The van der Waals surface area contributed by atoms with Crippen molar-refractivity contribution in [3.8, 4) is 0 Å². The molecular formula is C24H22BrFN2O5. The first kappa shape index (κ1) is 23.2. The zero-order valence-corrected chi connectivity index (χ0v) is 20.0. The number of carbonyl (C=O) groups excluding carboxylic acids is 2. The first-order valence-electron chi connectivity index (χ1n) is 10.4. The SMILES string of the molecule is CC[C@@]1(O)C(=O)OCc2c1ccn(CCC1=C(Br)C(=C=O)c3cc(F)cc(C)c3N1C)c2=O. The lowest BCUT2D eigenvalue weighted by Crippen LogP contribution is -2.44. The van der Waals surface area contributed by atoms with E-state index in [1.54, 1.807) is 26.1 Å². The molecule has 33 heavy (non-hydrogen) atoms. The number of aliphatic hydroxyl groups is 1. The number of esters is 1. The van der Waals surface area contributed by atoms with Crippen LogP contribution in [-0.4, -0.2) is 28.6 Å². The van der Waals surface area contributed by atoms with Gasteiger partial charge >= 0.3 is 5.97 Å². The molecular weight excluding hydrogens is 495 g/mol. The Bertz CT molecular complexity index is 1320. The molecule has 1 aromatic heterocycles. The number of benzene rings is 1. The summed E-state index contributed by atoms with van der Waals surface area (Å²) in [6, 6.07) is 4.29. The van der Waals surface area contributed by atoms with Gasteiger partial charge in [0.2, 0.25) is 0 Å². The number of hydrogen-bond donors (Lipinski definition) is 1. The molecule has 0 spiro atoms. The van der Waals surface area contributed by atoms with E-state index >= 15 is 0 Å². The van der Waals surface area contributed by atoms with E-state index in [9.17, 15) is 23.9 Å². The van der Waals surface area contributed by atoms with Gasteiger partial charge in [0.25, 0.3) is 5.56 Å². The molecule has 172 valence electrons. The van der Waals surface area contributed by atoms with Gasteiger partial charge in [0.05, 0.1) is 21.3 Å². The molecule has 1 N–H and O–H groups in total. The molecule has 2 aromatic rings. The van der Waals surface area contributed by atoms with Crippen LogP contribution in [0.1, 0.15) is 42.0 Å². The van der Waals surface area contributed by atoms with Crippen molar-refractivity contribution < 1.29 is 23.8 Å². The molecule has 1 aromatic carbocycles. The average molecular weight is 517 g/mol. The maximum absolute atomic E-state index is 14.0. The highest BCUT2D eigenvalue weighted by molar-refractivity contribution is 9.12. The Hall–Kier alpha value is -3.00. The van der Waals surface area contributed by atoms with Gasteiger partial charge < -0.3 is 19.3 Å². The quantitative estimate of drug-likeness (QED) is 0.495. The highest BCUT2D eigenvalue weighted by Crippen LogP contribution is 2.44. The molecule has 0 amide bonds. The van der Waals surface area contributed by atoms with Crippen LogP contribution in [0.3, 0.4) is 0 Å². The van der Waals surface area contributed by atoms with E-state index in [2.05, 4.69) is 15.9 Å². The second kappa shape index (κ2) is 8.41. The third kappa shape index (κ3) is 3.57. The monoisotopic (exact) mass is 516 g/mol. The summed E-state index contributed by atoms with van der Waals surface area (Å²) in [5.74, 6) is 0.710. The maximum atomic E-state index is 14.0. The van der Waals surface area contributed by atoms with Crippen LogP contribution in [0.4, 0.5) is 10.1 Å². The summed E-state index contributed by atoms with van der Waals surface area (Å²) in [7, 11) is 1.82. The van der Waals surface area contributed by atoms with Crippen molar-refractivity contribution in [2.75, 3.05) is 11.9 Å². The van der Waals surface area contributed by atoms with Gasteiger partial charge in [0.15, 0.2) is 5.60 Å². The van der Waals surface area contributed by atoms with Crippen LogP contribution in [-0.2, 0) is 33.1 Å². The molecule has 9 heteroatoms. The Morgan fingerprint density at radius 3 is 2.73 bits per heavy atom. The number of aryl methyl sites for hydroxylation is 2. The number of aromatic nitrogens is 1. The fraction of sp³-hybridized carbons (Fsp3) is 0.333. The largest absolute Gasteiger partial charge is 0.458 e. The Morgan fingerprint density at radius 1 is 1.33 bits per heavy atom. The van der Waals surface area contributed by atoms with Crippen molar-refractivity contribution in [1.29, 1.82) is 0 Å². The van der Waals surface area contributed by atoms with Crippen LogP contribution in [0.25, 0.3) is 5.57 Å². The molecule has 0 fully saturated rings. The zero-order chi connectivity index (χ0) is 24.1. The lowest BCUT2D eigenvalue weighted by atomic mass is 9.87. The number of rotatable bonds is 4. The lowest BCUT2D eigenvalue weighted by molar-refractivity contribution is -0.172. The Kier molecular flexibility index (Phi) is 5.90. The van der Waals surface area contributed by atoms with E-state index in [4.69, 9.17) is 4.74 Å². The van der Waals surface area contributed by atoms with Crippen molar-refractivity contribution in [2.24, 2.45) is 0 Å². The summed E-state index contributed by atoms with van der Waals surface area (Å²) >= 11 is 3.46. The molecule has 0 saturated heterocycles. The third-order valence-electron chi connectivity index (χ3n) is 6.35. The normalized spacial score (nSPS) is 19.8. The molecule has 0 bridgehead atoms. The smallest absolute Gasteiger partial charge is 0.343 e. The second-order valence-corrected chi connectivity index (χ2v) is 8.96. The molecule has 0 radical (unpaired) electrons. The van der Waals surface area contributed by atoms with Gasteiger partial charge in [-0.1, -0.05) is 6.92 Å². The number of halogens is 2. The predicted octanol–water partition coefficient (Wildman–Crippen LogP) is 3.31. The number of pyridine rings is 1. The molecule has 4 rings (SSSR count). The molecule has 0 unspecified atom stereocenters. The van der Waals surface area contributed by atoms with E-state index in [1.165, 1.54) is 16.7 Å². The number of allylic oxidation sites excluding steroid dienone is 3. The van der Waals surface area contributed by atoms with Crippen molar-refractivity contribution >= 4 is 39.1 Å². The predicted molar refractivity (Wildman–Crippen MR) is 124 cm³/mol. The molecule has 0 saturated carbocycles. The van der Waals surface area contributed by atoms with Gasteiger partial charge in [-0.05, 0) is 53.0 Å². The topological polar surface area (TPSA) is 88.8 Å². The molecule has 2 aliphatic heterocycles. The number of anilines is 1. The third-order valence-corrected chi connectivity index (χ3v) is 7.20. The number of hydrogen-bond acceptors (Lipinski definition) is 6. The number of carbonyl (C=O) groups is 1. The summed E-state index contributed by atoms with van der Waals surface area (Å²) in [6.07, 6.45) is 2.00. The highest BCUT2D eigenvalue weighted by atomic mass is 79.9. The molecule has 2 aliphatic rings. The second-order valence-electron chi connectivity index (χ2n) is 8.16. The van der Waals surface area contributed by atoms with Crippen LogP contribution in [0.2, 0.25) is 0 Å². The van der Waals surface area contributed by atoms with Gasteiger partial charge in [0.1, 0.15) is 18.4 Å². The van der Waals surface area contributed by atoms with E-state index < -0.39 is 17.4 Å². The molecule has 7 nitrogen and oxygen atoms in total. The van der Waals surface area contributed by atoms with Crippen molar-refractivity contribution in [3.63, 3.8) is 0 Å². The van der Waals surface area contributed by atoms with E-state index in [0.29, 0.717) is 27.7 Å². The molecule has 3 heterocycles. The zero-order valence-electron chi connectivity index (χ0n) is 18.4. The van der Waals surface area contributed by atoms with Crippen LogP contribution < -0.4 is 10.5 Å². The summed E-state index contributed by atoms with van der Waals surface area (Å²) < 4.78 is 21.0. The Labute approximate surface area is 197 Å². The van der Waals surface area contributed by atoms with Gasteiger partial charge in [-0.3, -0.25) is 4.79 Å². The Morgan fingerprint density at radius 2 is 2.06 bits per heavy atom. The number of cyclic esters (lactones) is 1. The fourth-order valence-corrected chi connectivity index (χ4v) is 5.30. The summed E-state index contributed by atoms with van der Waals surface area (Å²) in [4.78, 5) is 38.7. The van der Waals surface area contributed by atoms with Gasteiger partial charge in [-0.25, -0.2) is 14.0 Å². The minimum Gasteiger partial charge on any atom is -0.458 e. The summed E-state index contributed by atoms with van der Waals surface area (Å²) in [5.41, 5.74) is 1.11. The summed E-state index contributed by atoms with van der Waals surface area (Å²) in [6.45, 7) is 3.48. The van der Waals surface area contributed by atoms with E-state index in [0.717, 1.165) is 5.70 Å². The van der Waals surface area contributed by atoms with Crippen molar-refractivity contribution in [1.82, 2.24) is 4.57 Å². The van der Waals surface area contributed by atoms with Crippen LogP contribution >= 0.6 is 15.9 Å². The lowest BCUT2D eigenvalue weighted by Gasteiger charge is -2.33. The first-order chi connectivity index (χ1) is 15.6. The molecule has 0 aliphatic carbocycles. The summed E-state index contributed by atoms with van der Waals surface area (Å²) in [5, 5.41) is 10.7. The highest BCUT2D eigenvalue weighted by Gasteiger charge is 2.44. The van der Waals surface area contributed by atoms with Gasteiger partial charge in [-0.15, -0.1) is 0 Å².